The minimum absolute atomic E-state index is 0.0366. The van der Waals surface area contributed by atoms with Crippen LogP contribution in [0.15, 0.2) is 24.3 Å². The molecule has 1 aromatic carbocycles. The lowest BCUT2D eigenvalue weighted by atomic mass is 10.0. The van der Waals surface area contributed by atoms with Crippen molar-refractivity contribution in [3.8, 4) is 5.75 Å². The number of piperidine rings is 1. The number of halogens is 1. The van der Waals surface area contributed by atoms with Crippen LogP contribution in [0.1, 0.15) is 39.0 Å². The zero-order valence-corrected chi connectivity index (χ0v) is 14.1. The van der Waals surface area contributed by atoms with Crippen molar-refractivity contribution in [3.63, 3.8) is 0 Å². The molecule has 2 rings (SSSR count). The first-order valence-electron chi connectivity index (χ1n) is 8.57. The number of nitrogens with zero attached hydrogens (tertiary/aromatic N) is 1. The molecule has 1 saturated heterocycles. The summed E-state index contributed by atoms with van der Waals surface area (Å²) in [4.78, 5) is 26.0. The molecule has 0 aliphatic carbocycles. The Hall–Kier alpha value is -2.11. The molecule has 1 aromatic rings. The quantitative estimate of drug-likeness (QED) is 0.778. The van der Waals surface area contributed by atoms with Gasteiger partial charge in [-0.2, -0.15) is 0 Å². The highest BCUT2D eigenvalue weighted by Crippen LogP contribution is 2.18. The maximum absolute atomic E-state index is 12.8. The van der Waals surface area contributed by atoms with E-state index < -0.39 is 0 Å². The fourth-order valence-corrected chi connectivity index (χ4v) is 2.83. The number of ether oxygens (including phenoxy) is 1. The molecule has 1 fully saturated rings. The molecule has 1 heterocycles. The third-order valence-corrected chi connectivity index (χ3v) is 4.13. The van der Waals surface area contributed by atoms with Crippen molar-refractivity contribution < 1.29 is 18.7 Å². The van der Waals surface area contributed by atoms with Gasteiger partial charge in [0, 0.05) is 19.5 Å². The summed E-state index contributed by atoms with van der Waals surface area (Å²) in [6.45, 7) is 3.41. The summed E-state index contributed by atoms with van der Waals surface area (Å²) in [5, 5.41) is 2.88. The van der Waals surface area contributed by atoms with Gasteiger partial charge in [0.25, 0.3) is 0 Å². The van der Waals surface area contributed by atoms with Crippen LogP contribution in [0.4, 0.5) is 4.39 Å². The predicted octanol–water partition coefficient (Wildman–Crippen LogP) is 2.50. The van der Waals surface area contributed by atoms with Crippen molar-refractivity contribution in [2.45, 2.75) is 45.1 Å². The number of likely N-dealkylation sites (tertiary alicyclic amines) is 1. The van der Waals surface area contributed by atoms with Crippen LogP contribution < -0.4 is 10.1 Å². The Kier molecular flexibility index (Phi) is 7.03. The number of nitrogens with one attached hydrogen (secondary N) is 1. The number of benzene rings is 1. The Bertz CT molecular complexity index is 548. The minimum Gasteiger partial charge on any atom is -0.494 e. The number of carbonyl (C=O) groups is 2. The highest BCUT2D eigenvalue weighted by atomic mass is 19.1. The zero-order chi connectivity index (χ0) is 17.4. The van der Waals surface area contributed by atoms with Gasteiger partial charge in [0.1, 0.15) is 17.6 Å². The average Bonchev–Trinajstić information content (AvgIpc) is 2.62. The normalized spacial score (nSPS) is 17.4. The molecule has 24 heavy (non-hydrogen) atoms. The van der Waals surface area contributed by atoms with Gasteiger partial charge in [-0.15, -0.1) is 0 Å². The SMILES string of the molecule is CCC(=O)N1CCCC[C@@H]1C(=O)NCCCOc1ccc(F)cc1. The Morgan fingerprint density at radius 3 is 2.75 bits per heavy atom. The number of carbonyl (C=O) groups excluding carboxylic acids is 2. The number of hydrogen-bond donors (Lipinski definition) is 1. The van der Waals surface area contributed by atoms with E-state index in [9.17, 15) is 14.0 Å². The molecule has 0 spiro atoms. The number of rotatable bonds is 7. The van der Waals surface area contributed by atoms with Crippen molar-refractivity contribution in [3.05, 3.63) is 30.1 Å². The molecule has 0 unspecified atom stereocenters. The second kappa shape index (κ2) is 9.25. The van der Waals surface area contributed by atoms with Crippen LogP contribution >= 0.6 is 0 Å². The van der Waals surface area contributed by atoms with E-state index in [0.717, 1.165) is 19.3 Å². The molecule has 0 radical (unpaired) electrons. The van der Waals surface area contributed by atoms with Gasteiger partial charge in [0.2, 0.25) is 11.8 Å². The topological polar surface area (TPSA) is 58.6 Å². The van der Waals surface area contributed by atoms with E-state index in [0.29, 0.717) is 38.3 Å². The molecule has 6 heteroatoms. The van der Waals surface area contributed by atoms with Gasteiger partial charge in [-0.3, -0.25) is 9.59 Å². The molecule has 132 valence electrons. The van der Waals surface area contributed by atoms with E-state index in [4.69, 9.17) is 4.74 Å². The van der Waals surface area contributed by atoms with Crippen LogP contribution in [0.25, 0.3) is 0 Å². The summed E-state index contributed by atoms with van der Waals surface area (Å²) in [7, 11) is 0. The molecular formula is C18H25FN2O3. The third-order valence-electron chi connectivity index (χ3n) is 4.13. The maximum Gasteiger partial charge on any atom is 0.242 e. The molecule has 0 saturated carbocycles. The second-order valence-corrected chi connectivity index (χ2v) is 5.90. The zero-order valence-electron chi connectivity index (χ0n) is 14.1. The first-order chi connectivity index (χ1) is 11.6. The van der Waals surface area contributed by atoms with E-state index in [1.807, 2.05) is 6.92 Å². The summed E-state index contributed by atoms with van der Waals surface area (Å²) in [6.07, 6.45) is 3.73. The molecule has 0 bridgehead atoms. The van der Waals surface area contributed by atoms with Crippen LogP contribution in [-0.4, -0.2) is 42.5 Å². The highest BCUT2D eigenvalue weighted by Gasteiger charge is 2.30. The van der Waals surface area contributed by atoms with Gasteiger partial charge in [-0.05, 0) is 49.9 Å². The molecule has 1 atom stereocenters. The molecule has 2 amide bonds. The summed E-state index contributed by atoms with van der Waals surface area (Å²) >= 11 is 0. The van der Waals surface area contributed by atoms with Crippen molar-refractivity contribution in [2.24, 2.45) is 0 Å². The first-order valence-corrected chi connectivity index (χ1v) is 8.57. The average molecular weight is 336 g/mol. The predicted molar refractivity (Wildman–Crippen MR) is 89.2 cm³/mol. The maximum atomic E-state index is 12.8. The lowest BCUT2D eigenvalue weighted by Gasteiger charge is -2.34. The van der Waals surface area contributed by atoms with Crippen molar-refractivity contribution in [1.29, 1.82) is 0 Å². The standard InChI is InChI=1S/C18H25FN2O3/c1-2-17(22)21-12-4-3-6-16(21)18(23)20-11-5-13-24-15-9-7-14(19)8-10-15/h7-10,16H,2-6,11-13H2,1H3,(H,20,23)/t16-/m1/s1. The van der Waals surface area contributed by atoms with Crippen molar-refractivity contribution >= 4 is 11.8 Å². The van der Waals surface area contributed by atoms with E-state index in [1.165, 1.54) is 12.1 Å². The largest absolute Gasteiger partial charge is 0.494 e. The molecular weight excluding hydrogens is 311 g/mol. The van der Waals surface area contributed by atoms with Crippen LogP contribution in [0, 0.1) is 5.82 Å². The molecule has 0 aromatic heterocycles. The van der Waals surface area contributed by atoms with Crippen molar-refractivity contribution in [1.82, 2.24) is 10.2 Å². The molecule has 1 N–H and O–H groups in total. The monoisotopic (exact) mass is 336 g/mol. The van der Waals surface area contributed by atoms with Gasteiger partial charge in [0.05, 0.1) is 6.61 Å². The Morgan fingerprint density at radius 1 is 1.29 bits per heavy atom. The van der Waals surface area contributed by atoms with Crippen LogP contribution in [0.5, 0.6) is 5.75 Å². The Balaban J connectivity index is 1.70. The van der Waals surface area contributed by atoms with Gasteiger partial charge >= 0.3 is 0 Å². The smallest absolute Gasteiger partial charge is 0.242 e. The van der Waals surface area contributed by atoms with E-state index in [-0.39, 0.29) is 23.7 Å². The molecule has 1 aliphatic heterocycles. The second-order valence-electron chi connectivity index (χ2n) is 5.90. The Morgan fingerprint density at radius 2 is 2.04 bits per heavy atom. The first kappa shape index (κ1) is 18.2. The van der Waals surface area contributed by atoms with Crippen LogP contribution in [0.3, 0.4) is 0 Å². The fraction of sp³-hybridized carbons (Fsp3) is 0.556. The van der Waals surface area contributed by atoms with E-state index in [1.54, 1.807) is 17.0 Å². The number of hydrogen-bond acceptors (Lipinski definition) is 3. The Labute approximate surface area is 142 Å². The number of amides is 2. The third kappa shape index (κ3) is 5.22. The molecule has 5 nitrogen and oxygen atoms in total. The van der Waals surface area contributed by atoms with Crippen molar-refractivity contribution in [2.75, 3.05) is 19.7 Å². The van der Waals surface area contributed by atoms with Crippen LogP contribution in [0.2, 0.25) is 0 Å². The lowest BCUT2D eigenvalue weighted by molar-refractivity contribution is -0.142. The molecule has 1 aliphatic rings. The van der Waals surface area contributed by atoms with Gasteiger partial charge in [-0.25, -0.2) is 4.39 Å². The summed E-state index contributed by atoms with van der Waals surface area (Å²) < 4.78 is 18.3. The van der Waals surface area contributed by atoms with Gasteiger partial charge in [-0.1, -0.05) is 6.92 Å². The lowest BCUT2D eigenvalue weighted by Crippen LogP contribution is -2.52. The van der Waals surface area contributed by atoms with E-state index >= 15 is 0 Å². The van der Waals surface area contributed by atoms with E-state index in [2.05, 4.69) is 5.32 Å². The van der Waals surface area contributed by atoms with Gasteiger partial charge in [0.15, 0.2) is 0 Å². The highest BCUT2D eigenvalue weighted by molar-refractivity contribution is 5.87. The van der Waals surface area contributed by atoms with Crippen LogP contribution in [-0.2, 0) is 9.59 Å². The minimum atomic E-state index is -0.343. The summed E-state index contributed by atoms with van der Waals surface area (Å²) in [6, 6.07) is 5.50. The van der Waals surface area contributed by atoms with Gasteiger partial charge < -0.3 is 15.0 Å². The fourth-order valence-electron chi connectivity index (χ4n) is 2.83. The summed E-state index contributed by atoms with van der Waals surface area (Å²) in [5.74, 6) is 0.260. The summed E-state index contributed by atoms with van der Waals surface area (Å²) in [5.41, 5.74) is 0.